The van der Waals surface area contributed by atoms with Gasteiger partial charge in [-0.15, -0.1) is 11.3 Å². The number of carbonyl (C=O) groups excluding carboxylic acids is 1. The monoisotopic (exact) mass is 528 g/mol. The fraction of sp³-hybridized carbons (Fsp3) is 0.423. The zero-order valence-electron chi connectivity index (χ0n) is 21.3. The van der Waals surface area contributed by atoms with E-state index in [1.165, 1.54) is 17.4 Å². The fourth-order valence-corrected chi connectivity index (χ4v) is 5.10. The molecule has 3 N–H and O–H groups in total. The van der Waals surface area contributed by atoms with Gasteiger partial charge in [-0.3, -0.25) is 10.2 Å². The molecule has 0 aliphatic carbocycles. The molecule has 1 aliphatic rings. The number of aliphatic hydroxyl groups is 1. The molecule has 1 saturated heterocycles. The summed E-state index contributed by atoms with van der Waals surface area (Å²) >= 11 is 1.35. The summed E-state index contributed by atoms with van der Waals surface area (Å²) < 4.78 is 20.0. The van der Waals surface area contributed by atoms with E-state index in [4.69, 9.17) is 9.84 Å². The number of ether oxygens (including phenoxy) is 1. The SMILES string of the molecule is COc1ccc(C(C)(C)c2csc(NC(=O)NCc3cnc(N4CCN(CCO)CC4)c(F)c3)n2)cc1. The Balaban J connectivity index is 1.30. The van der Waals surface area contributed by atoms with Crippen LogP contribution in [-0.4, -0.2) is 72.4 Å². The molecule has 2 amide bonds. The lowest BCUT2D eigenvalue weighted by atomic mass is 9.82. The van der Waals surface area contributed by atoms with Crippen LogP contribution in [0.25, 0.3) is 0 Å². The second kappa shape index (κ2) is 11.8. The van der Waals surface area contributed by atoms with Crippen LogP contribution >= 0.6 is 11.3 Å². The first-order valence-electron chi connectivity index (χ1n) is 12.2. The molecule has 37 heavy (non-hydrogen) atoms. The predicted molar refractivity (Wildman–Crippen MR) is 143 cm³/mol. The van der Waals surface area contributed by atoms with Crippen molar-refractivity contribution in [3.05, 3.63) is 64.5 Å². The summed E-state index contributed by atoms with van der Waals surface area (Å²) in [6.07, 6.45) is 1.58. The molecule has 0 unspecified atom stereocenters. The molecule has 0 saturated carbocycles. The van der Waals surface area contributed by atoms with Crippen molar-refractivity contribution in [2.24, 2.45) is 0 Å². The van der Waals surface area contributed by atoms with Crippen LogP contribution in [0.1, 0.15) is 30.7 Å². The van der Waals surface area contributed by atoms with Crippen molar-refractivity contribution < 1.29 is 19.0 Å². The molecule has 1 aromatic carbocycles. The Labute approximate surface area is 220 Å². The number of thiazole rings is 1. The highest BCUT2D eigenvalue weighted by Gasteiger charge is 2.26. The van der Waals surface area contributed by atoms with E-state index in [-0.39, 0.29) is 18.6 Å². The number of hydrogen-bond acceptors (Lipinski definition) is 8. The van der Waals surface area contributed by atoms with Crippen LogP contribution in [0.2, 0.25) is 0 Å². The summed E-state index contributed by atoms with van der Waals surface area (Å²) in [7, 11) is 1.63. The summed E-state index contributed by atoms with van der Waals surface area (Å²) in [6, 6.07) is 8.83. The van der Waals surface area contributed by atoms with E-state index < -0.39 is 11.8 Å². The lowest BCUT2D eigenvalue weighted by Gasteiger charge is -2.35. The van der Waals surface area contributed by atoms with Crippen LogP contribution in [0.15, 0.2) is 41.9 Å². The minimum Gasteiger partial charge on any atom is -0.497 e. The number of aromatic nitrogens is 2. The molecule has 198 valence electrons. The molecular weight excluding hydrogens is 495 g/mol. The van der Waals surface area contributed by atoms with E-state index in [1.54, 1.807) is 13.3 Å². The van der Waals surface area contributed by atoms with Crippen molar-refractivity contribution in [3.63, 3.8) is 0 Å². The normalized spacial score (nSPS) is 14.5. The van der Waals surface area contributed by atoms with Gasteiger partial charge in [0.15, 0.2) is 16.8 Å². The zero-order valence-corrected chi connectivity index (χ0v) is 22.1. The number of hydrogen-bond donors (Lipinski definition) is 3. The number of nitrogens with zero attached hydrogens (tertiary/aromatic N) is 4. The van der Waals surface area contributed by atoms with Crippen molar-refractivity contribution in [2.45, 2.75) is 25.8 Å². The molecule has 0 atom stereocenters. The van der Waals surface area contributed by atoms with Crippen LogP contribution in [0, 0.1) is 5.82 Å². The molecule has 3 heterocycles. The lowest BCUT2D eigenvalue weighted by Crippen LogP contribution is -2.47. The van der Waals surface area contributed by atoms with Gasteiger partial charge in [-0.25, -0.2) is 19.2 Å². The summed E-state index contributed by atoms with van der Waals surface area (Å²) in [6.45, 7) is 7.83. The summed E-state index contributed by atoms with van der Waals surface area (Å²) in [5, 5.41) is 17.0. The van der Waals surface area contributed by atoms with Gasteiger partial charge in [-0.1, -0.05) is 26.0 Å². The summed E-state index contributed by atoms with van der Waals surface area (Å²) in [5.74, 6) is 0.686. The van der Waals surface area contributed by atoms with Crippen LogP contribution < -0.4 is 20.3 Å². The maximum absolute atomic E-state index is 14.7. The molecule has 4 rings (SSSR count). The fourth-order valence-electron chi connectivity index (χ4n) is 4.22. The molecule has 2 aromatic heterocycles. The highest BCUT2D eigenvalue weighted by atomic mass is 32.1. The van der Waals surface area contributed by atoms with Crippen molar-refractivity contribution in [1.29, 1.82) is 0 Å². The summed E-state index contributed by atoms with van der Waals surface area (Å²) in [4.78, 5) is 25.4. The van der Waals surface area contributed by atoms with E-state index in [0.717, 1.165) is 30.1 Å². The Morgan fingerprint density at radius 1 is 1.22 bits per heavy atom. The number of anilines is 2. The van der Waals surface area contributed by atoms with E-state index in [0.29, 0.717) is 36.1 Å². The molecule has 11 heteroatoms. The number of aliphatic hydroxyl groups excluding tert-OH is 1. The first kappa shape index (κ1) is 26.8. The van der Waals surface area contributed by atoms with Crippen molar-refractivity contribution in [2.75, 3.05) is 56.7 Å². The first-order chi connectivity index (χ1) is 17.8. The van der Waals surface area contributed by atoms with Crippen molar-refractivity contribution in [3.8, 4) is 5.75 Å². The number of urea groups is 1. The molecule has 9 nitrogen and oxygen atoms in total. The number of β-amino-alcohol motifs (C(OH)–C–C–N with tert-alkyl or cyclic N) is 1. The quantitative estimate of drug-likeness (QED) is 0.391. The Morgan fingerprint density at radius 3 is 2.59 bits per heavy atom. The minimum atomic E-state index is -0.423. The van der Waals surface area contributed by atoms with Gasteiger partial charge >= 0.3 is 6.03 Å². The van der Waals surface area contributed by atoms with E-state index in [2.05, 4.69) is 39.3 Å². The van der Waals surface area contributed by atoms with Crippen molar-refractivity contribution >= 4 is 28.3 Å². The zero-order chi connectivity index (χ0) is 26.4. The second-order valence-electron chi connectivity index (χ2n) is 9.40. The van der Waals surface area contributed by atoms with Gasteiger partial charge < -0.3 is 20.1 Å². The highest BCUT2D eigenvalue weighted by molar-refractivity contribution is 7.13. The van der Waals surface area contributed by atoms with E-state index >= 15 is 0 Å². The van der Waals surface area contributed by atoms with Crippen LogP contribution in [0.3, 0.4) is 0 Å². The number of amides is 2. The van der Waals surface area contributed by atoms with Crippen molar-refractivity contribution in [1.82, 2.24) is 20.2 Å². The van der Waals surface area contributed by atoms with Gasteiger partial charge in [0, 0.05) is 56.3 Å². The third kappa shape index (κ3) is 6.54. The largest absolute Gasteiger partial charge is 0.497 e. The topological polar surface area (TPSA) is 103 Å². The average Bonchev–Trinajstić information content (AvgIpc) is 3.38. The van der Waals surface area contributed by atoms with Gasteiger partial charge in [-0.05, 0) is 29.3 Å². The predicted octanol–water partition coefficient (Wildman–Crippen LogP) is 3.45. The van der Waals surface area contributed by atoms with Gasteiger partial charge in [0.25, 0.3) is 0 Å². The number of methoxy groups -OCH3 is 1. The Kier molecular flexibility index (Phi) is 8.57. The van der Waals surface area contributed by atoms with Gasteiger partial charge in [0.05, 0.1) is 19.4 Å². The maximum atomic E-state index is 14.7. The van der Waals surface area contributed by atoms with Crippen LogP contribution in [-0.2, 0) is 12.0 Å². The molecule has 1 aliphatic heterocycles. The number of pyridine rings is 1. The molecule has 0 radical (unpaired) electrons. The Hall–Kier alpha value is -3.28. The number of rotatable bonds is 9. The third-order valence-corrected chi connectivity index (χ3v) is 7.35. The van der Waals surface area contributed by atoms with E-state index in [1.807, 2.05) is 34.5 Å². The molecule has 1 fully saturated rings. The molecule has 0 bridgehead atoms. The number of piperazine rings is 1. The second-order valence-corrected chi connectivity index (χ2v) is 10.3. The number of benzene rings is 1. The highest BCUT2D eigenvalue weighted by Crippen LogP contribution is 2.34. The standard InChI is InChI=1S/C26H33FN6O3S/c1-26(2,19-4-6-20(36-3)7-5-19)22-17-37-25(30-22)31-24(35)29-16-18-14-21(27)23(28-15-18)33-10-8-32(9-11-33)12-13-34/h4-7,14-15,17,34H,8-13,16H2,1-3H3,(H2,29,30,31,35). The lowest BCUT2D eigenvalue weighted by molar-refractivity contribution is 0.188. The molecular formula is C26H33FN6O3S. The van der Waals surface area contributed by atoms with Gasteiger partial charge in [0.2, 0.25) is 0 Å². The average molecular weight is 529 g/mol. The number of carbonyl (C=O) groups is 1. The molecule has 0 spiro atoms. The Bertz CT molecular complexity index is 1200. The minimum absolute atomic E-state index is 0.118. The molecule has 3 aromatic rings. The Morgan fingerprint density at radius 2 is 1.95 bits per heavy atom. The number of nitrogens with one attached hydrogen (secondary N) is 2. The third-order valence-electron chi connectivity index (χ3n) is 6.60. The van der Waals surface area contributed by atoms with E-state index in [9.17, 15) is 9.18 Å². The van der Waals surface area contributed by atoms with Crippen LogP contribution in [0.5, 0.6) is 5.75 Å². The van der Waals surface area contributed by atoms with Crippen LogP contribution in [0.4, 0.5) is 20.1 Å². The summed E-state index contributed by atoms with van der Waals surface area (Å²) in [5.41, 5.74) is 2.14. The smallest absolute Gasteiger partial charge is 0.321 e. The maximum Gasteiger partial charge on any atom is 0.321 e. The first-order valence-corrected chi connectivity index (χ1v) is 13.1. The number of halogens is 1. The van der Waals surface area contributed by atoms with Gasteiger partial charge in [0.1, 0.15) is 5.75 Å². The van der Waals surface area contributed by atoms with Gasteiger partial charge in [-0.2, -0.15) is 0 Å².